The molecule has 1 saturated heterocycles. The van der Waals surface area contributed by atoms with Crippen LogP contribution in [0.25, 0.3) is 0 Å². The Kier molecular flexibility index (Phi) is 5.70. The van der Waals surface area contributed by atoms with E-state index in [-0.39, 0.29) is 11.7 Å². The number of rotatable bonds is 5. The minimum Gasteiger partial charge on any atom is -0.358 e. The van der Waals surface area contributed by atoms with Crippen LogP contribution < -0.4 is 10.6 Å². The zero-order chi connectivity index (χ0) is 15.2. The van der Waals surface area contributed by atoms with E-state index in [2.05, 4.69) is 15.5 Å². The fourth-order valence-corrected chi connectivity index (χ4v) is 2.66. The van der Waals surface area contributed by atoms with Crippen LogP contribution in [0.15, 0.2) is 18.2 Å². The molecule has 0 atom stereocenters. The number of likely N-dealkylation sites (N-methyl/N-ethyl adjacent to an activating group) is 1. The summed E-state index contributed by atoms with van der Waals surface area (Å²) in [5, 5.41) is 6.15. The number of benzene rings is 1. The number of piperidine rings is 1. The molecule has 21 heavy (non-hydrogen) atoms. The predicted octanol–water partition coefficient (Wildman–Crippen LogP) is 1.43. The summed E-state index contributed by atoms with van der Waals surface area (Å²) >= 11 is 0. The third kappa shape index (κ3) is 4.79. The first-order valence-electron chi connectivity index (χ1n) is 7.50. The fourth-order valence-electron chi connectivity index (χ4n) is 2.66. The van der Waals surface area contributed by atoms with E-state index < -0.39 is 0 Å². The highest BCUT2D eigenvalue weighted by molar-refractivity contribution is 5.77. The van der Waals surface area contributed by atoms with Gasteiger partial charge in [0.05, 0.1) is 6.54 Å². The lowest BCUT2D eigenvalue weighted by Gasteiger charge is -2.32. The summed E-state index contributed by atoms with van der Waals surface area (Å²) in [5.74, 6) is -0.116. The Morgan fingerprint density at radius 1 is 1.38 bits per heavy atom. The topological polar surface area (TPSA) is 44.4 Å². The van der Waals surface area contributed by atoms with Crippen LogP contribution in [0.1, 0.15) is 24.0 Å². The van der Waals surface area contributed by atoms with Crippen LogP contribution in [0.5, 0.6) is 0 Å². The smallest absolute Gasteiger partial charge is 0.233 e. The van der Waals surface area contributed by atoms with Gasteiger partial charge in [0, 0.05) is 32.7 Å². The highest BCUT2D eigenvalue weighted by atomic mass is 19.1. The van der Waals surface area contributed by atoms with Gasteiger partial charge in [-0.25, -0.2) is 4.39 Å². The van der Waals surface area contributed by atoms with Crippen molar-refractivity contribution in [3.63, 3.8) is 0 Å². The van der Waals surface area contributed by atoms with E-state index in [1.165, 1.54) is 6.07 Å². The Morgan fingerprint density at radius 2 is 2.10 bits per heavy atom. The number of nitrogens with one attached hydrogen (secondary N) is 2. The number of hydrogen-bond donors (Lipinski definition) is 2. The van der Waals surface area contributed by atoms with Gasteiger partial charge < -0.3 is 10.6 Å². The summed E-state index contributed by atoms with van der Waals surface area (Å²) in [7, 11) is 1.66. The molecule has 2 N–H and O–H groups in total. The molecule has 2 rings (SSSR count). The lowest BCUT2D eigenvalue weighted by Crippen LogP contribution is -2.45. The summed E-state index contributed by atoms with van der Waals surface area (Å²) in [6.07, 6.45) is 2.04. The SMILES string of the molecule is CNC(=O)CN1CCC(NCc2cc(F)ccc2C)CC1. The molecule has 0 spiro atoms. The highest BCUT2D eigenvalue weighted by Gasteiger charge is 2.20. The molecule has 0 unspecified atom stereocenters. The van der Waals surface area contributed by atoms with Gasteiger partial charge in [-0.1, -0.05) is 6.07 Å². The Bertz CT molecular complexity index is 484. The van der Waals surface area contributed by atoms with Crippen molar-refractivity contribution in [2.24, 2.45) is 0 Å². The summed E-state index contributed by atoms with van der Waals surface area (Å²) in [6.45, 7) is 5.03. The number of hydrogen-bond acceptors (Lipinski definition) is 3. The van der Waals surface area contributed by atoms with Gasteiger partial charge in [0.25, 0.3) is 0 Å². The minimum atomic E-state index is -0.183. The van der Waals surface area contributed by atoms with Crippen molar-refractivity contribution in [3.8, 4) is 0 Å². The molecule has 4 nitrogen and oxygen atoms in total. The standard InChI is InChI=1S/C16H24FN3O/c1-12-3-4-14(17)9-13(12)10-19-15-5-7-20(8-6-15)11-16(21)18-2/h3-4,9,15,19H,5-8,10-11H2,1-2H3,(H,18,21). The Morgan fingerprint density at radius 3 is 2.76 bits per heavy atom. The number of halogens is 1. The highest BCUT2D eigenvalue weighted by Crippen LogP contribution is 2.13. The van der Waals surface area contributed by atoms with Crippen molar-refractivity contribution in [1.29, 1.82) is 0 Å². The van der Waals surface area contributed by atoms with Crippen LogP contribution in [0.4, 0.5) is 4.39 Å². The second-order valence-electron chi connectivity index (χ2n) is 5.68. The fraction of sp³-hybridized carbons (Fsp3) is 0.562. The molecule has 5 heteroatoms. The molecule has 1 aromatic carbocycles. The van der Waals surface area contributed by atoms with Crippen LogP contribution in [0.2, 0.25) is 0 Å². The molecular formula is C16H24FN3O. The third-order valence-corrected chi connectivity index (χ3v) is 4.13. The zero-order valence-electron chi connectivity index (χ0n) is 12.8. The quantitative estimate of drug-likeness (QED) is 0.863. The monoisotopic (exact) mass is 293 g/mol. The van der Waals surface area contributed by atoms with Crippen molar-refractivity contribution in [1.82, 2.24) is 15.5 Å². The molecular weight excluding hydrogens is 269 g/mol. The van der Waals surface area contributed by atoms with Gasteiger partial charge in [0.15, 0.2) is 0 Å². The number of likely N-dealkylation sites (tertiary alicyclic amines) is 1. The molecule has 1 aromatic rings. The van der Waals surface area contributed by atoms with Crippen LogP contribution in [0, 0.1) is 12.7 Å². The molecule has 0 saturated carbocycles. The first kappa shape index (κ1) is 15.9. The molecule has 0 aromatic heterocycles. The van der Waals surface area contributed by atoms with E-state index in [1.807, 2.05) is 13.0 Å². The summed E-state index contributed by atoms with van der Waals surface area (Å²) in [6, 6.07) is 5.35. The van der Waals surface area contributed by atoms with Crippen LogP contribution in [-0.2, 0) is 11.3 Å². The zero-order valence-corrected chi connectivity index (χ0v) is 12.8. The van der Waals surface area contributed by atoms with Gasteiger partial charge in [0.2, 0.25) is 5.91 Å². The number of aryl methyl sites for hydroxylation is 1. The van der Waals surface area contributed by atoms with Crippen molar-refractivity contribution < 1.29 is 9.18 Å². The van der Waals surface area contributed by atoms with Crippen molar-refractivity contribution in [2.75, 3.05) is 26.7 Å². The summed E-state index contributed by atoms with van der Waals surface area (Å²) in [4.78, 5) is 13.5. The van der Waals surface area contributed by atoms with E-state index in [0.717, 1.165) is 37.1 Å². The van der Waals surface area contributed by atoms with Crippen molar-refractivity contribution in [2.45, 2.75) is 32.4 Å². The third-order valence-electron chi connectivity index (χ3n) is 4.13. The first-order valence-corrected chi connectivity index (χ1v) is 7.50. The van der Waals surface area contributed by atoms with Crippen molar-refractivity contribution >= 4 is 5.91 Å². The number of carbonyl (C=O) groups excluding carboxylic acids is 1. The van der Waals surface area contributed by atoms with Gasteiger partial charge in [-0.05, 0) is 43.0 Å². The second-order valence-corrected chi connectivity index (χ2v) is 5.68. The first-order chi connectivity index (χ1) is 10.1. The largest absolute Gasteiger partial charge is 0.358 e. The number of amides is 1. The predicted molar refractivity (Wildman–Crippen MR) is 81.5 cm³/mol. The Balaban J connectivity index is 1.76. The van der Waals surface area contributed by atoms with E-state index in [4.69, 9.17) is 0 Å². The molecule has 1 aliphatic heterocycles. The van der Waals surface area contributed by atoms with Gasteiger partial charge in [-0.15, -0.1) is 0 Å². The van der Waals surface area contributed by atoms with Gasteiger partial charge in [-0.3, -0.25) is 9.69 Å². The lowest BCUT2D eigenvalue weighted by molar-refractivity contribution is -0.122. The van der Waals surface area contributed by atoms with Crippen LogP contribution in [-0.4, -0.2) is 43.5 Å². The van der Waals surface area contributed by atoms with Gasteiger partial charge in [-0.2, -0.15) is 0 Å². The molecule has 1 aliphatic rings. The minimum absolute atomic E-state index is 0.0665. The van der Waals surface area contributed by atoms with Crippen LogP contribution in [0.3, 0.4) is 0 Å². The molecule has 1 amide bonds. The molecule has 1 heterocycles. The average Bonchev–Trinajstić information content (AvgIpc) is 2.49. The average molecular weight is 293 g/mol. The normalized spacial score (nSPS) is 16.9. The number of nitrogens with zero attached hydrogens (tertiary/aromatic N) is 1. The van der Waals surface area contributed by atoms with Crippen molar-refractivity contribution in [3.05, 3.63) is 35.1 Å². The van der Waals surface area contributed by atoms with Gasteiger partial charge in [0.1, 0.15) is 5.82 Å². The molecule has 1 fully saturated rings. The lowest BCUT2D eigenvalue weighted by atomic mass is 10.0. The molecule has 0 bridgehead atoms. The maximum Gasteiger partial charge on any atom is 0.233 e. The second kappa shape index (κ2) is 7.52. The van der Waals surface area contributed by atoms with E-state index in [0.29, 0.717) is 19.1 Å². The van der Waals surface area contributed by atoms with Gasteiger partial charge >= 0.3 is 0 Å². The van der Waals surface area contributed by atoms with E-state index >= 15 is 0 Å². The summed E-state index contributed by atoms with van der Waals surface area (Å²) < 4.78 is 13.2. The molecule has 0 aliphatic carbocycles. The van der Waals surface area contributed by atoms with Crippen LogP contribution >= 0.6 is 0 Å². The maximum absolute atomic E-state index is 13.2. The Labute approximate surface area is 125 Å². The molecule has 116 valence electrons. The van der Waals surface area contributed by atoms with E-state index in [1.54, 1.807) is 13.1 Å². The maximum atomic E-state index is 13.2. The number of carbonyl (C=O) groups is 1. The summed E-state index contributed by atoms with van der Waals surface area (Å²) in [5.41, 5.74) is 2.13. The van der Waals surface area contributed by atoms with E-state index in [9.17, 15) is 9.18 Å². The Hall–Kier alpha value is -1.46. The molecule has 0 radical (unpaired) electrons.